The molecule has 1 unspecified atom stereocenters. The van der Waals surface area contributed by atoms with E-state index in [4.69, 9.17) is 5.11 Å². The minimum Gasteiger partial charge on any atom is -0.481 e. The molecule has 3 heteroatoms. The molecule has 0 saturated heterocycles. The first kappa shape index (κ1) is 15.1. The number of hydrogen-bond donors (Lipinski definition) is 1. The number of benzene rings is 1. The lowest BCUT2D eigenvalue weighted by atomic mass is 9.87. The summed E-state index contributed by atoms with van der Waals surface area (Å²) in [5, 5.41) is 8.85. The van der Waals surface area contributed by atoms with E-state index >= 15 is 0 Å². The molecule has 0 aliphatic rings. The zero-order chi connectivity index (χ0) is 13.8. The van der Waals surface area contributed by atoms with Gasteiger partial charge < -0.3 is 5.11 Å². The van der Waals surface area contributed by atoms with Gasteiger partial charge in [0.25, 0.3) is 0 Å². The largest absolute Gasteiger partial charge is 0.481 e. The van der Waals surface area contributed by atoms with E-state index in [0.717, 1.165) is 5.75 Å². The number of aliphatic carboxylic acids is 1. The van der Waals surface area contributed by atoms with Gasteiger partial charge in [-0.2, -0.15) is 11.8 Å². The molecule has 0 saturated carbocycles. The third-order valence-corrected chi connectivity index (χ3v) is 4.05. The number of thioether (sulfide) groups is 1. The fourth-order valence-electron chi connectivity index (χ4n) is 1.64. The number of carbonyl (C=O) groups is 1. The van der Waals surface area contributed by atoms with Crippen LogP contribution < -0.4 is 0 Å². The molecule has 1 aromatic carbocycles. The predicted octanol–water partition coefficient (Wildman–Crippen LogP) is 4.08. The molecule has 1 rings (SSSR count). The maximum Gasteiger partial charge on any atom is 0.304 e. The van der Waals surface area contributed by atoms with Crippen LogP contribution in [-0.4, -0.2) is 16.3 Å². The summed E-state index contributed by atoms with van der Waals surface area (Å²) in [5.41, 5.74) is 2.77. The van der Waals surface area contributed by atoms with Gasteiger partial charge in [-0.3, -0.25) is 4.79 Å². The van der Waals surface area contributed by atoms with Crippen molar-refractivity contribution in [3.8, 4) is 0 Å². The molecule has 18 heavy (non-hydrogen) atoms. The monoisotopic (exact) mass is 266 g/mol. The Balaban J connectivity index is 2.52. The number of rotatable bonds is 5. The first-order chi connectivity index (χ1) is 8.29. The lowest BCUT2D eigenvalue weighted by Crippen LogP contribution is -2.10. The van der Waals surface area contributed by atoms with Gasteiger partial charge in [-0.1, -0.05) is 52.0 Å². The van der Waals surface area contributed by atoms with Crippen molar-refractivity contribution in [1.82, 2.24) is 0 Å². The van der Waals surface area contributed by atoms with Crippen LogP contribution in [0.2, 0.25) is 0 Å². The number of carboxylic acids is 1. The molecule has 0 radical (unpaired) electrons. The van der Waals surface area contributed by atoms with Gasteiger partial charge in [0.15, 0.2) is 0 Å². The molecule has 100 valence electrons. The van der Waals surface area contributed by atoms with Crippen LogP contribution in [0.15, 0.2) is 24.3 Å². The Labute approximate surface area is 114 Å². The highest BCUT2D eigenvalue weighted by atomic mass is 32.2. The molecular formula is C15H22O2S. The van der Waals surface area contributed by atoms with Crippen molar-refractivity contribution in [1.29, 1.82) is 0 Å². The van der Waals surface area contributed by atoms with E-state index in [2.05, 4.69) is 45.0 Å². The van der Waals surface area contributed by atoms with Gasteiger partial charge in [0.05, 0.1) is 6.42 Å². The fourth-order valence-corrected chi connectivity index (χ4v) is 2.57. The summed E-state index contributed by atoms with van der Waals surface area (Å²) in [4.78, 5) is 10.6. The van der Waals surface area contributed by atoms with Crippen molar-refractivity contribution in [2.24, 2.45) is 0 Å². The normalized spacial score (nSPS) is 13.3. The molecule has 1 N–H and O–H groups in total. The highest BCUT2D eigenvalue weighted by Crippen LogP contribution is 2.24. The van der Waals surface area contributed by atoms with Crippen molar-refractivity contribution >= 4 is 17.7 Å². The molecule has 0 bridgehead atoms. The summed E-state index contributed by atoms with van der Waals surface area (Å²) in [6.45, 7) is 8.56. The lowest BCUT2D eigenvalue weighted by Gasteiger charge is -2.19. The second-order valence-electron chi connectivity index (χ2n) is 5.67. The molecule has 0 aliphatic carbocycles. The molecule has 0 amide bonds. The van der Waals surface area contributed by atoms with E-state index in [0.29, 0.717) is 0 Å². The number of hydrogen-bond acceptors (Lipinski definition) is 2. The Morgan fingerprint density at radius 3 is 2.28 bits per heavy atom. The summed E-state index contributed by atoms with van der Waals surface area (Å²) in [6.07, 6.45) is 0.227. The first-order valence-electron chi connectivity index (χ1n) is 6.22. The highest BCUT2D eigenvalue weighted by molar-refractivity contribution is 7.99. The Morgan fingerprint density at radius 2 is 1.83 bits per heavy atom. The van der Waals surface area contributed by atoms with Gasteiger partial charge in [-0.15, -0.1) is 0 Å². The second-order valence-corrected chi connectivity index (χ2v) is 7.09. The molecule has 0 aliphatic heterocycles. The van der Waals surface area contributed by atoms with Crippen LogP contribution in [0.25, 0.3) is 0 Å². The van der Waals surface area contributed by atoms with Crippen LogP contribution >= 0.6 is 11.8 Å². The average molecular weight is 266 g/mol. The molecule has 2 nitrogen and oxygen atoms in total. The molecule has 0 aromatic heterocycles. The maximum absolute atomic E-state index is 10.6. The maximum atomic E-state index is 10.6. The molecule has 0 fully saturated rings. The van der Waals surface area contributed by atoms with Crippen LogP contribution in [0.1, 0.15) is 45.2 Å². The van der Waals surface area contributed by atoms with E-state index in [9.17, 15) is 4.79 Å². The minimum absolute atomic E-state index is 0.157. The van der Waals surface area contributed by atoms with Crippen molar-refractivity contribution in [3.05, 3.63) is 35.4 Å². The quantitative estimate of drug-likeness (QED) is 0.872. The molecule has 0 heterocycles. The molecule has 0 spiro atoms. The van der Waals surface area contributed by atoms with Gasteiger partial charge in [0, 0.05) is 11.0 Å². The second kappa shape index (κ2) is 6.28. The van der Waals surface area contributed by atoms with Crippen molar-refractivity contribution < 1.29 is 9.90 Å². The molecule has 1 atom stereocenters. The summed E-state index contributed by atoms with van der Waals surface area (Å²) in [6, 6.07) is 8.61. The van der Waals surface area contributed by atoms with Gasteiger partial charge in [0.2, 0.25) is 0 Å². The van der Waals surface area contributed by atoms with Crippen LogP contribution in [-0.2, 0) is 16.0 Å². The summed E-state index contributed by atoms with van der Waals surface area (Å²) in [7, 11) is 0. The van der Waals surface area contributed by atoms with Crippen LogP contribution in [0.5, 0.6) is 0 Å². The summed E-state index contributed by atoms with van der Waals surface area (Å²) < 4.78 is 0. The van der Waals surface area contributed by atoms with Crippen molar-refractivity contribution in [2.75, 3.05) is 0 Å². The number of carboxylic acid groups (broad SMARTS) is 1. The van der Waals surface area contributed by atoms with Gasteiger partial charge >= 0.3 is 5.97 Å². The minimum atomic E-state index is -0.724. The lowest BCUT2D eigenvalue weighted by molar-refractivity contribution is -0.136. The van der Waals surface area contributed by atoms with E-state index in [-0.39, 0.29) is 17.1 Å². The average Bonchev–Trinajstić information content (AvgIpc) is 2.25. The van der Waals surface area contributed by atoms with Crippen LogP contribution in [0.3, 0.4) is 0 Å². The van der Waals surface area contributed by atoms with E-state index in [1.54, 1.807) is 11.8 Å². The molecule has 1 aromatic rings. The Hall–Kier alpha value is -0.960. The topological polar surface area (TPSA) is 37.3 Å². The van der Waals surface area contributed by atoms with Gasteiger partial charge in [-0.05, 0) is 16.5 Å². The summed E-state index contributed by atoms with van der Waals surface area (Å²) >= 11 is 1.69. The van der Waals surface area contributed by atoms with E-state index in [1.807, 2.05) is 6.92 Å². The Bertz CT molecular complexity index is 390. The third-order valence-electron chi connectivity index (χ3n) is 2.82. The zero-order valence-corrected chi connectivity index (χ0v) is 12.4. The van der Waals surface area contributed by atoms with E-state index in [1.165, 1.54) is 11.1 Å². The third kappa shape index (κ3) is 5.13. The standard InChI is InChI=1S/C15H22O2S/c1-11(9-14(16)17)18-10-12-5-7-13(8-6-12)15(2,3)4/h5-8,11H,9-10H2,1-4H3,(H,16,17). The van der Waals surface area contributed by atoms with Crippen LogP contribution in [0, 0.1) is 0 Å². The van der Waals surface area contributed by atoms with Crippen molar-refractivity contribution in [3.63, 3.8) is 0 Å². The molecular weight excluding hydrogens is 244 g/mol. The van der Waals surface area contributed by atoms with Crippen molar-refractivity contribution in [2.45, 2.75) is 50.5 Å². The SMILES string of the molecule is CC(CC(=O)O)SCc1ccc(C(C)(C)C)cc1. The van der Waals surface area contributed by atoms with E-state index < -0.39 is 5.97 Å². The Morgan fingerprint density at radius 1 is 1.28 bits per heavy atom. The predicted molar refractivity (Wildman–Crippen MR) is 78.2 cm³/mol. The fraction of sp³-hybridized carbons (Fsp3) is 0.533. The zero-order valence-electron chi connectivity index (χ0n) is 11.6. The van der Waals surface area contributed by atoms with Gasteiger partial charge in [-0.25, -0.2) is 0 Å². The highest BCUT2D eigenvalue weighted by Gasteiger charge is 2.13. The Kier molecular flexibility index (Phi) is 5.27. The van der Waals surface area contributed by atoms with Crippen LogP contribution in [0.4, 0.5) is 0 Å². The smallest absolute Gasteiger partial charge is 0.304 e. The summed E-state index contributed by atoms with van der Waals surface area (Å²) in [5.74, 6) is 0.150. The van der Waals surface area contributed by atoms with Gasteiger partial charge in [0.1, 0.15) is 0 Å². The first-order valence-corrected chi connectivity index (χ1v) is 7.26.